The third-order valence-corrected chi connectivity index (χ3v) is 5.40. The zero-order valence-electron chi connectivity index (χ0n) is 12.9. The number of thiazole rings is 1. The van der Waals surface area contributed by atoms with Gasteiger partial charge >= 0.3 is 0 Å². The van der Waals surface area contributed by atoms with Gasteiger partial charge in [-0.2, -0.15) is 5.10 Å². The Labute approximate surface area is 134 Å². The van der Waals surface area contributed by atoms with Crippen molar-refractivity contribution in [2.24, 2.45) is 13.0 Å². The number of hydrogen-bond acceptors (Lipinski definition) is 5. The summed E-state index contributed by atoms with van der Waals surface area (Å²) in [4.78, 5) is 6.94. The summed E-state index contributed by atoms with van der Waals surface area (Å²) in [6.45, 7) is 3.62. The molecule has 0 saturated heterocycles. The molecule has 1 atom stereocenters. The van der Waals surface area contributed by atoms with E-state index < -0.39 is 0 Å². The third-order valence-electron chi connectivity index (χ3n) is 4.64. The number of aromatic nitrogens is 3. The number of aryl methyl sites for hydroxylation is 1. The topological polar surface area (TPSA) is 43.2 Å². The zero-order chi connectivity index (χ0) is 14.9. The maximum atomic E-state index is 6.03. The molecule has 5 nitrogen and oxygen atoms in total. The lowest BCUT2D eigenvalue weighted by Gasteiger charge is -2.35. The van der Waals surface area contributed by atoms with E-state index in [0.29, 0.717) is 6.04 Å². The van der Waals surface area contributed by atoms with E-state index in [9.17, 15) is 0 Å². The van der Waals surface area contributed by atoms with Gasteiger partial charge in [-0.05, 0) is 30.7 Å². The molecule has 2 aromatic heterocycles. The lowest BCUT2D eigenvalue weighted by Crippen LogP contribution is -2.38. The Balaban J connectivity index is 1.52. The first kappa shape index (κ1) is 14.4. The highest BCUT2D eigenvalue weighted by Crippen LogP contribution is 2.33. The van der Waals surface area contributed by atoms with Crippen LogP contribution < -0.4 is 0 Å². The highest BCUT2D eigenvalue weighted by molar-refractivity contribution is 7.09. The van der Waals surface area contributed by atoms with Gasteiger partial charge in [0.25, 0.3) is 0 Å². The van der Waals surface area contributed by atoms with Crippen molar-refractivity contribution in [1.29, 1.82) is 0 Å². The standard InChI is InChI=1S/C16H22N4OS/c1-19-16-13(8-18-19)4-6-20(9-15-17-5-7-22-15)14(16)11-21-10-12-2-3-12/h5,7-8,12,14H,2-4,6,9-11H2,1H3/t14-/m1/s1. The molecule has 1 fully saturated rings. The molecule has 1 aliphatic carbocycles. The molecule has 0 aromatic carbocycles. The van der Waals surface area contributed by atoms with Gasteiger partial charge in [-0.3, -0.25) is 9.58 Å². The van der Waals surface area contributed by atoms with Crippen molar-refractivity contribution in [1.82, 2.24) is 19.7 Å². The summed E-state index contributed by atoms with van der Waals surface area (Å²) in [5, 5.41) is 7.68. The molecule has 1 saturated carbocycles. The van der Waals surface area contributed by atoms with Gasteiger partial charge in [-0.25, -0.2) is 4.98 Å². The third kappa shape index (κ3) is 2.95. The van der Waals surface area contributed by atoms with E-state index in [0.717, 1.165) is 38.6 Å². The van der Waals surface area contributed by atoms with Gasteiger partial charge in [0.1, 0.15) is 5.01 Å². The van der Waals surface area contributed by atoms with Gasteiger partial charge < -0.3 is 4.74 Å². The van der Waals surface area contributed by atoms with Crippen molar-refractivity contribution in [3.05, 3.63) is 34.0 Å². The maximum absolute atomic E-state index is 6.03. The minimum Gasteiger partial charge on any atom is -0.379 e. The Morgan fingerprint density at radius 3 is 3.05 bits per heavy atom. The Kier molecular flexibility index (Phi) is 3.98. The molecule has 0 amide bonds. The molecular formula is C16H22N4OS. The summed E-state index contributed by atoms with van der Waals surface area (Å²) in [6.07, 6.45) is 7.64. The molecule has 0 spiro atoms. The maximum Gasteiger partial charge on any atom is 0.107 e. The van der Waals surface area contributed by atoms with E-state index in [1.165, 1.54) is 29.1 Å². The molecule has 22 heavy (non-hydrogen) atoms. The minimum absolute atomic E-state index is 0.291. The second kappa shape index (κ2) is 6.10. The highest BCUT2D eigenvalue weighted by Gasteiger charge is 2.32. The molecule has 2 aromatic rings. The van der Waals surface area contributed by atoms with Crippen LogP contribution in [-0.4, -0.2) is 39.4 Å². The van der Waals surface area contributed by atoms with E-state index in [-0.39, 0.29) is 0 Å². The number of hydrogen-bond donors (Lipinski definition) is 0. The summed E-state index contributed by atoms with van der Waals surface area (Å²) in [5.41, 5.74) is 2.69. The number of nitrogens with zero attached hydrogens (tertiary/aromatic N) is 4. The normalized spacial score (nSPS) is 22.0. The van der Waals surface area contributed by atoms with Crippen LogP contribution in [0.2, 0.25) is 0 Å². The van der Waals surface area contributed by atoms with Crippen LogP contribution in [0.25, 0.3) is 0 Å². The first-order valence-corrected chi connectivity index (χ1v) is 8.90. The van der Waals surface area contributed by atoms with Crippen LogP contribution in [0.3, 0.4) is 0 Å². The van der Waals surface area contributed by atoms with Crippen LogP contribution in [0, 0.1) is 5.92 Å². The van der Waals surface area contributed by atoms with Crippen molar-refractivity contribution >= 4 is 11.3 Å². The first-order chi connectivity index (χ1) is 10.8. The van der Waals surface area contributed by atoms with E-state index in [1.807, 2.05) is 29.5 Å². The van der Waals surface area contributed by atoms with Gasteiger partial charge in [0, 0.05) is 31.8 Å². The van der Waals surface area contributed by atoms with Crippen LogP contribution >= 0.6 is 11.3 Å². The van der Waals surface area contributed by atoms with Gasteiger partial charge in [0.2, 0.25) is 0 Å². The van der Waals surface area contributed by atoms with E-state index >= 15 is 0 Å². The minimum atomic E-state index is 0.291. The molecule has 0 radical (unpaired) electrons. The van der Waals surface area contributed by atoms with Gasteiger partial charge in [-0.15, -0.1) is 11.3 Å². The van der Waals surface area contributed by atoms with Crippen LogP contribution in [0.5, 0.6) is 0 Å². The van der Waals surface area contributed by atoms with E-state index in [4.69, 9.17) is 4.74 Å². The predicted molar refractivity (Wildman–Crippen MR) is 85.7 cm³/mol. The van der Waals surface area contributed by atoms with Crippen LogP contribution in [0.4, 0.5) is 0 Å². The molecule has 118 valence electrons. The molecule has 1 aliphatic heterocycles. The molecule has 6 heteroatoms. The number of ether oxygens (including phenoxy) is 1. The van der Waals surface area contributed by atoms with E-state index in [2.05, 4.69) is 15.0 Å². The Hall–Kier alpha value is -1.24. The van der Waals surface area contributed by atoms with Gasteiger partial charge in [-0.1, -0.05) is 0 Å². The zero-order valence-corrected chi connectivity index (χ0v) is 13.8. The molecule has 3 heterocycles. The summed E-state index contributed by atoms with van der Waals surface area (Å²) in [6, 6.07) is 0.291. The fourth-order valence-corrected chi connectivity index (χ4v) is 3.86. The molecule has 0 N–H and O–H groups in total. The Morgan fingerprint density at radius 1 is 1.36 bits per heavy atom. The largest absolute Gasteiger partial charge is 0.379 e. The summed E-state index contributed by atoms with van der Waals surface area (Å²) < 4.78 is 8.05. The fraction of sp³-hybridized carbons (Fsp3) is 0.625. The molecule has 4 rings (SSSR count). The lowest BCUT2D eigenvalue weighted by atomic mass is 10.0. The molecular weight excluding hydrogens is 296 g/mol. The van der Waals surface area contributed by atoms with Crippen molar-refractivity contribution in [3.8, 4) is 0 Å². The second-order valence-electron chi connectivity index (χ2n) is 6.32. The smallest absolute Gasteiger partial charge is 0.107 e. The highest BCUT2D eigenvalue weighted by atomic mass is 32.1. The number of rotatable bonds is 6. The Morgan fingerprint density at radius 2 is 2.27 bits per heavy atom. The number of fused-ring (bicyclic) bond motifs is 1. The monoisotopic (exact) mass is 318 g/mol. The Bertz CT molecular complexity index is 620. The first-order valence-electron chi connectivity index (χ1n) is 8.02. The van der Waals surface area contributed by atoms with Gasteiger partial charge in [0.05, 0.1) is 31.1 Å². The van der Waals surface area contributed by atoms with Crippen LogP contribution in [0.15, 0.2) is 17.8 Å². The predicted octanol–water partition coefficient (Wildman–Crippen LogP) is 2.40. The van der Waals surface area contributed by atoms with Crippen molar-refractivity contribution in [2.75, 3.05) is 19.8 Å². The molecule has 0 unspecified atom stereocenters. The second-order valence-corrected chi connectivity index (χ2v) is 7.30. The van der Waals surface area contributed by atoms with Crippen molar-refractivity contribution in [2.45, 2.75) is 31.8 Å². The van der Waals surface area contributed by atoms with Crippen LogP contribution in [0.1, 0.15) is 35.1 Å². The summed E-state index contributed by atoms with van der Waals surface area (Å²) in [7, 11) is 2.04. The average molecular weight is 318 g/mol. The van der Waals surface area contributed by atoms with Crippen molar-refractivity contribution in [3.63, 3.8) is 0 Å². The quantitative estimate of drug-likeness (QED) is 0.820. The SMILES string of the molecule is Cn1ncc2c1[C@@H](COCC1CC1)N(Cc1nccs1)CC2. The van der Waals surface area contributed by atoms with Crippen LogP contribution in [-0.2, 0) is 24.8 Å². The fourth-order valence-electron chi connectivity index (χ4n) is 3.22. The summed E-state index contributed by atoms with van der Waals surface area (Å²) in [5.74, 6) is 0.807. The van der Waals surface area contributed by atoms with Gasteiger partial charge in [0.15, 0.2) is 0 Å². The average Bonchev–Trinajstić information content (AvgIpc) is 3.05. The molecule has 2 aliphatic rings. The van der Waals surface area contributed by atoms with Crippen molar-refractivity contribution < 1.29 is 4.74 Å². The van der Waals surface area contributed by atoms with E-state index in [1.54, 1.807) is 11.3 Å². The molecule has 0 bridgehead atoms. The summed E-state index contributed by atoms with van der Waals surface area (Å²) >= 11 is 1.73. The lowest BCUT2D eigenvalue weighted by molar-refractivity contribution is 0.0412.